The van der Waals surface area contributed by atoms with Gasteiger partial charge in [0.25, 0.3) is 0 Å². The van der Waals surface area contributed by atoms with Crippen LogP contribution in [0.25, 0.3) is 10.9 Å². The summed E-state index contributed by atoms with van der Waals surface area (Å²) in [7, 11) is 0. The van der Waals surface area contributed by atoms with Crippen LogP contribution in [0, 0.1) is 0 Å². The van der Waals surface area contributed by atoms with E-state index in [1.165, 1.54) is 30.6 Å². The highest BCUT2D eigenvalue weighted by molar-refractivity contribution is 7.15. The monoisotopic (exact) mass is 507 g/mol. The zero-order valence-electron chi connectivity index (χ0n) is 20.4. The Labute approximate surface area is 215 Å². The summed E-state index contributed by atoms with van der Waals surface area (Å²) in [5.74, 6) is 1.78. The van der Waals surface area contributed by atoms with Gasteiger partial charge in [0.2, 0.25) is 5.91 Å². The summed E-state index contributed by atoms with van der Waals surface area (Å²) in [5, 5.41) is 18.0. The number of carbonyl (C=O) groups excluding carboxylic acids is 1. The summed E-state index contributed by atoms with van der Waals surface area (Å²) in [4.78, 5) is 32.3. The normalized spacial score (nSPS) is 24.2. The van der Waals surface area contributed by atoms with Crippen LogP contribution in [0.5, 0.6) is 0 Å². The molecule has 0 aromatic carbocycles. The first-order valence-electron chi connectivity index (χ1n) is 13.0. The summed E-state index contributed by atoms with van der Waals surface area (Å²) < 4.78 is 0. The Hall–Kier alpha value is -2.82. The lowest BCUT2D eigenvalue weighted by Gasteiger charge is -2.40. The SMILES string of the molecule is O=C(CN1CCCCC1)N1[C@@H]2CC[C@H]1CC(Nc1nc(Nc3ncc(CO)s3)cc3ncccc13)C2. The molecule has 3 atom stereocenters. The van der Waals surface area contributed by atoms with Gasteiger partial charge in [0.15, 0.2) is 5.13 Å². The van der Waals surface area contributed by atoms with E-state index in [0.29, 0.717) is 35.5 Å². The fourth-order valence-electron chi connectivity index (χ4n) is 6.08. The molecule has 1 unspecified atom stereocenters. The van der Waals surface area contributed by atoms with Gasteiger partial charge in [0, 0.05) is 42.0 Å². The molecule has 3 saturated heterocycles. The van der Waals surface area contributed by atoms with Crippen molar-refractivity contribution in [1.29, 1.82) is 0 Å². The van der Waals surface area contributed by atoms with E-state index in [1.807, 2.05) is 18.2 Å². The van der Waals surface area contributed by atoms with Crippen LogP contribution in [-0.2, 0) is 11.4 Å². The van der Waals surface area contributed by atoms with Crippen LogP contribution < -0.4 is 10.6 Å². The average Bonchev–Trinajstić information content (AvgIpc) is 3.46. The van der Waals surface area contributed by atoms with E-state index in [1.54, 1.807) is 12.4 Å². The van der Waals surface area contributed by atoms with Crippen molar-refractivity contribution in [2.75, 3.05) is 30.3 Å². The van der Waals surface area contributed by atoms with Crippen molar-refractivity contribution in [3.05, 3.63) is 35.5 Å². The first kappa shape index (κ1) is 23.6. The number of amides is 1. The second-order valence-electron chi connectivity index (χ2n) is 10.2. The van der Waals surface area contributed by atoms with Crippen LogP contribution in [-0.4, -0.2) is 73.5 Å². The van der Waals surface area contributed by atoms with E-state index in [-0.39, 0.29) is 12.6 Å². The molecule has 9 nitrogen and oxygen atoms in total. The number of piperidine rings is 2. The van der Waals surface area contributed by atoms with Crippen LogP contribution >= 0.6 is 11.3 Å². The van der Waals surface area contributed by atoms with Crippen LogP contribution in [0.15, 0.2) is 30.6 Å². The highest BCUT2D eigenvalue weighted by Crippen LogP contribution is 2.38. The number of carbonyl (C=O) groups is 1. The number of nitrogens with zero attached hydrogens (tertiary/aromatic N) is 5. The predicted molar refractivity (Wildman–Crippen MR) is 141 cm³/mol. The number of hydrogen-bond donors (Lipinski definition) is 3. The molecular formula is C26H33N7O2S. The maximum absolute atomic E-state index is 13.2. The van der Waals surface area contributed by atoms with Crippen molar-refractivity contribution in [3.8, 4) is 0 Å². The molecule has 3 N–H and O–H groups in total. The van der Waals surface area contributed by atoms with Crippen LogP contribution in [0.2, 0.25) is 0 Å². The molecule has 36 heavy (non-hydrogen) atoms. The number of pyridine rings is 2. The summed E-state index contributed by atoms with van der Waals surface area (Å²) in [6, 6.07) is 6.76. The number of rotatable bonds is 7. The minimum absolute atomic E-state index is 0.0274. The van der Waals surface area contributed by atoms with E-state index in [0.717, 1.165) is 60.4 Å². The number of hydrogen-bond acceptors (Lipinski definition) is 9. The van der Waals surface area contributed by atoms with Gasteiger partial charge in [0.05, 0.1) is 23.5 Å². The number of likely N-dealkylation sites (tertiary alicyclic amines) is 1. The van der Waals surface area contributed by atoms with Crippen molar-refractivity contribution < 1.29 is 9.90 Å². The van der Waals surface area contributed by atoms with Gasteiger partial charge < -0.3 is 20.6 Å². The third-order valence-electron chi connectivity index (χ3n) is 7.71. The molecule has 0 aliphatic carbocycles. The number of aromatic nitrogens is 3. The van der Waals surface area contributed by atoms with Crippen LogP contribution in [0.3, 0.4) is 0 Å². The maximum Gasteiger partial charge on any atom is 0.237 e. The molecule has 10 heteroatoms. The molecule has 0 radical (unpaired) electrons. The Morgan fingerprint density at radius 1 is 1.14 bits per heavy atom. The third kappa shape index (κ3) is 4.89. The summed E-state index contributed by atoms with van der Waals surface area (Å²) in [5.41, 5.74) is 0.855. The van der Waals surface area contributed by atoms with Gasteiger partial charge in [-0.1, -0.05) is 17.8 Å². The number of aliphatic hydroxyl groups is 1. The lowest BCUT2D eigenvalue weighted by molar-refractivity contribution is -0.137. The number of nitrogens with one attached hydrogen (secondary N) is 2. The van der Waals surface area contributed by atoms with Gasteiger partial charge >= 0.3 is 0 Å². The molecule has 190 valence electrons. The van der Waals surface area contributed by atoms with Crippen molar-refractivity contribution >= 4 is 44.9 Å². The number of anilines is 3. The second kappa shape index (κ2) is 10.3. The van der Waals surface area contributed by atoms with E-state index >= 15 is 0 Å². The van der Waals surface area contributed by atoms with E-state index in [9.17, 15) is 9.90 Å². The summed E-state index contributed by atoms with van der Waals surface area (Å²) >= 11 is 1.40. The molecule has 3 fully saturated rings. The van der Waals surface area contributed by atoms with Crippen molar-refractivity contribution in [3.63, 3.8) is 0 Å². The number of fused-ring (bicyclic) bond motifs is 3. The fourth-order valence-corrected chi connectivity index (χ4v) is 6.76. The van der Waals surface area contributed by atoms with Crippen molar-refractivity contribution in [2.45, 2.75) is 69.7 Å². The zero-order chi connectivity index (χ0) is 24.5. The molecule has 3 aliphatic heterocycles. The van der Waals surface area contributed by atoms with E-state index in [2.05, 4.69) is 30.4 Å². The molecular weight excluding hydrogens is 474 g/mol. The fraction of sp³-hybridized carbons (Fsp3) is 0.538. The second-order valence-corrected chi connectivity index (χ2v) is 11.3. The largest absolute Gasteiger partial charge is 0.391 e. The molecule has 1 amide bonds. The Balaban J connectivity index is 1.17. The van der Waals surface area contributed by atoms with Gasteiger partial charge in [-0.3, -0.25) is 14.7 Å². The number of aliphatic hydroxyl groups excluding tert-OH is 1. The lowest BCUT2D eigenvalue weighted by Crippen LogP contribution is -2.52. The van der Waals surface area contributed by atoms with Gasteiger partial charge in [-0.25, -0.2) is 9.97 Å². The first-order chi connectivity index (χ1) is 17.7. The first-order valence-corrected chi connectivity index (χ1v) is 13.9. The number of thiazole rings is 1. The highest BCUT2D eigenvalue weighted by Gasteiger charge is 2.43. The lowest BCUT2D eigenvalue weighted by atomic mass is 9.96. The van der Waals surface area contributed by atoms with Gasteiger partial charge in [-0.2, -0.15) is 0 Å². The third-order valence-corrected chi connectivity index (χ3v) is 8.61. The van der Waals surface area contributed by atoms with Crippen molar-refractivity contribution in [1.82, 2.24) is 24.8 Å². The predicted octanol–water partition coefficient (Wildman–Crippen LogP) is 3.74. The van der Waals surface area contributed by atoms with Gasteiger partial charge in [-0.15, -0.1) is 0 Å². The topological polar surface area (TPSA) is 107 Å². The minimum atomic E-state index is -0.0274. The van der Waals surface area contributed by atoms with Gasteiger partial charge in [0.1, 0.15) is 11.6 Å². The molecule has 0 saturated carbocycles. The summed E-state index contributed by atoms with van der Waals surface area (Å²) in [6.07, 6.45) is 11.2. The standard InChI is InChI=1S/C26H33N7O2S/c34-16-20-14-28-26(36-20)31-23-13-22-21(5-4-8-27-22)25(30-23)29-17-11-18-6-7-19(12-17)33(18)24(35)15-32-9-2-1-3-10-32/h4-5,8,13-14,17-19,34H,1-3,6-7,9-12,15-16H2,(H2,28,29,30,31)/t17?,18-,19+. The van der Waals surface area contributed by atoms with Crippen LogP contribution in [0.4, 0.5) is 16.8 Å². The Morgan fingerprint density at radius 3 is 2.69 bits per heavy atom. The Morgan fingerprint density at radius 2 is 1.94 bits per heavy atom. The minimum Gasteiger partial charge on any atom is -0.391 e. The molecule has 3 aromatic heterocycles. The molecule has 6 heterocycles. The maximum atomic E-state index is 13.2. The highest BCUT2D eigenvalue weighted by atomic mass is 32.1. The molecule has 6 rings (SSSR count). The molecule has 3 aromatic rings. The van der Waals surface area contributed by atoms with Crippen molar-refractivity contribution in [2.24, 2.45) is 0 Å². The molecule has 0 spiro atoms. The van der Waals surface area contributed by atoms with Crippen LogP contribution in [0.1, 0.15) is 49.8 Å². The zero-order valence-corrected chi connectivity index (χ0v) is 21.2. The summed E-state index contributed by atoms with van der Waals surface area (Å²) in [6.45, 7) is 2.66. The molecule has 2 bridgehead atoms. The van der Waals surface area contributed by atoms with Gasteiger partial charge in [-0.05, 0) is 63.7 Å². The Bertz CT molecular complexity index is 1210. The smallest absolute Gasteiger partial charge is 0.237 e. The quantitative estimate of drug-likeness (QED) is 0.444. The van der Waals surface area contributed by atoms with E-state index < -0.39 is 0 Å². The Kier molecular flexibility index (Phi) is 6.73. The average molecular weight is 508 g/mol. The molecule has 3 aliphatic rings. The van der Waals surface area contributed by atoms with E-state index in [4.69, 9.17) is 4.98 Å².